The van der Waals surface area contributed by atoms with Crippen molar-refractivity contribution in [1.29, 1.82) is 0 Å². The number of hydrogen-bond donors (Lipinski definition) is 14. The fourth-order valence-electron chi connectivity index (χ4n) is 18.4. The average Bonchev–Trinajstić information content (AvgIpc) is 0.758. The van der Waals surface area contributed by atoms with Crippen molar-refractivity contribution in [1.82, 2.24) is 31.1 Å². The van der Waals surface area contributed by atoms with Gasteiger partial charge in [0.15, 0.2) is 25.2 Å². The average molecular weight is 1610 g/mol. The fourth-order valence-corrected chi connectivity index (χ4v) is 18.4. The second-order valence-electron chi connectivity index (χ2n) is 36.4. The number of rotatable bonds is 24. The van der Waals surface area contributed by atoms with Crippen LogP contribution in [0.1, 0.15) is 217 Å². The van der Waals surface area contributed by atoms with Crippen LogP contribution in [0.4, 0.5) is 0 Å². The number of carbonyl (C=O) groups is 2. The minimum Gasteiger partial charge on any atom is -0.459 e. The number of aliphatic hydroxyl groups excluding tert-OH is 4. The fraction of sp³-hybridized carbons (Fsp3) is 0.976. The Morgan fingerprint density at radius 2 is 0.938 bits per heavy atom. The molecule has 0 amide bonds. The zero-order valence-corrected chi connectivity index (χ0v) is 73.6. The molecule has 6 fully saturated rings. The molecule has 6 heterocycles. The third kappa shape index (κ3) is 23.7. The first-order valence-electron chi connectivity index (χ1n) is 41.8. The molecule has 0 aromatic rings. The van der Waals surface area contributed by atoms with E-state index in [2.05, 4.69) is 21.3 Å². The molecule has 30 heteroatoms. The Morgan fingerprint density at radius 3 is 1.29 bits per heavy atom. The molecule has 112 heavy (non-hydrogen) atoms. The molecule has 6 rings (SSSR count). The van der Waals surface area contributed by atoms with Crippen LogP contribution in [0.5, 0.6) is 0 Å². The van der Waals surface area contributed by atoms with Crippen LogP contribution in [0.15, 0.2) is 0 Å². The summed E-state index contributed by atoms with van der Waals surface area (Å²) in [6.45, 7) is 41.8. The van der Waals surface area contributed by atoms with Crippen LogP contribution < -0.4 is 21.3 Å². The lowest BCUT2D eigenvalue weighted by atomic mass is 9.75. The smallest absolute Gasteiger partial charge is 0.311 e. The van der Waals surface area contributed by atoms with Gasteiger partial charge in [-0.05, 0) is 215 Å². The number of hydrogen-bond acceptors (Lipinski definition) is 30. The summed E-state index contributed by atoms with van der Waals surface area (Å²) < 4.78 is 76.7. The van der Waals surface area contributed by atoms with Gasteiger partial charge in [-0.2, -0.15) is 0 Å². The first kappa shape index (κ1) is 100. The normalized spacial score (nSPS) is 46.6. The van der Waals surface area contributed by atoms with Crippen molar-refractivity contribution in [2.45, 2.75) is 396 Å². The molecule has 6 saturated heterocycles. The van der Waals surface area contributed by atoms with Crippen molar-refractivity contribution in [2.24, 2.45) is 35.5 Å². The number of aliphatic hydroxyl groups is 10. The summed E-state index contributed by atoms with van der Waals surface area (Å²) in [6, 6.07) is -1.75. The molecule has 0 bridgehead atoms. The topological polar surface area (TPSA) is 402 Å². The molecule has 0 aliphatic carbocycles. The summed E-state index contributed by atoms with van der Waals surface area (Å²) in [5.74, 6) is -5.34. The molecule has 0 aromatic carbocycles. The highest BCUT2D eigenvalue weighted by molar-refractivity contribution is 5.73. The summed E-state index contributed by atoms with van der Waals surface area (Å²) in [5, 5.41) is 131. The van der Waals surface area contributed by atoms with Crippen molar-refractivity contribution in [3.63, 3.8) is 0 Å². The third-order valence-corrected chi connectivity index (χ3v) is 26.0. The lowest BCUT2D eigenvalue weighted by molar-refractivity contribution is -0.336. The molecular weight excluding hydrogens is 1450 g/mol. The molecule has 14 N–H and O–H groups in total. The molecule has 0 spiro atoms. The van der Waals surface area contributed by atoms with E-state index >= 15 is 0 Å². The molecule has 36 atom stereocenters. The highest BCUT2D eigenvalue weighted by atomic mass is 16.7. The minimum absolute atomic E-state index is 0.0928. The summed E-state index contributed by atoms with van der Waals surface area (Å²) >= 11 is 0. The number of cyclic esters (lactones) is 2. The molecule has 0 radical (unpaired) electrons. The summed E-state index contributed by atoms with van der Waals surface area (Å²) in [5.41, 5.74) is -11.9. The standard InChI is InChI=1S/2C41H79N3O12/c1-15-17-42-22-41(50)28(8)53-31(20-39(41,10)51-14)55-33-25(5)35(56-37-32(45)29(44(12)13)18-24(4)52-37)38(9,48)19-23(3)21-43-27(7)34(46)40(11,49)30(16-2)54-36(47)26(33)6;1-15-17-42-22-41(50)28(8)53-31(20-39(41,10)51-14)54-33-25(5)34(56-37-32(46)29(44(12)13)18-24(4)52-37)38(9,48)19-23(3)21-43-27(7)35(55-36(47)26(33)6)40(11,49)30(45)16-2/h2*23-35,37,42-43,45-46,48-50H,15-22H2,1-14H3. The maximum atomic E-state index is 14.5. The van der Waals surface area contributed by atoms with Gasteiger partial charge in [0.1, 0.15) is 64.1 Å². The number of carbonyl (C=O) groups excluding carboxylic acids is 2. The van der Waals surface area contributed by atoms with Gasteiger partial charge in [-0.15, -0.1) is 0 Å². The van der Waals surface area contributed by atoms with Crippen molar-refractivity contribution in [2.75, 3.05) is 81.7 Å². The molecule has 30 nitrogen and oxygen atoms in total. The van der Waals surface area contributed by atoms with Crippen LogP contribution in [0.25, 0.3) is 0 Å². The summed E-state index contributed by atoms with van der Waals surface area (Å²) in [4.78, 5) is 32.6. The Morgan fingerprint density at radius 1 is 0.562 bits per heavy atom. The summed E-state index contributed by atoms with van der Waals surface area (Å²) in [7, 11) is 10.6. The largest absolute Gasteiger partial charge is 0.459 e. The maximum Gasteiger partial charge on any atom is 0.311 e. The number of likely N-dealkylation sites (N-methyl/N-ethyl adjacent to an activating group) is 2. The molecule has 6 aliphatic heterocycles. The third-order valence-electron chi connectivity index (χ3n) is 26.0. The van der Waals surface area contributed by atoms with E-state index in [9.17, 15) is 60.7 Å². The highest BCUT2D eigenvalue weighted by Gasteiger charge is 2.61. The lowest BCUT2D eigenvalue weighted by Gasteiger charge is -2.53. The van der Waals surface area contributed by atoms with Crippen molar-refractivity contribution < 1.29 is 117 Å². The number of nitrogens with zero attached hydrogens (tertiary/aromatic N) is 2. The van der Waals surface area contributed by atoms with Gasteiger partial charge < -0.3 is 139 Å². The predicted molar refractivity (Wildman–Crippen MR) is 423 cm³/mol. The van der Waals surface area contributed by atoms with Gasteiger partial charge in [0, 0.05) is 76.2 Å². The van der Waals surface area contributed by atoms with E-state index in [1.807, 2.05) is 107 Å². The van der Waals surface area contributed by atoms with Crippen LogP contribution in [0, 0.1) is 35.5 Å². The van der Waals surface area contributed by atoms with E-state index < -0.39 is 191 Å². The number of nitrogens with one attached hydrogen (secondary N) is 4. The SMILES string of the molecule is CCCNCC1(O)C(C)OC(OC2C(C)C(=O)OC(C(C)(O)C(O)CC)C(C)NCC(C)CC(C)(O)C(OC3OC(C)CC(N(C)C)C3O)C2C)CC1(C)OC.CCCNCC1(O)C(C)OC(OC2C(C)C(=O)OC(CC)C(C)(O)C(O)C(C)NCC(C)CC(C)(O)C(OC3OC(C)CC(N(C)C)C3O)C2C)CC1(C)OC. The van der Waals surface area contributed by atoms with Crippen LogP contribution in [0.2, 0.25) is 0 Å². The van der Waals surface area contributed by atoms with Gasteiger partial charge in [0.05, 0.1) is 78.0 Å². The van der Waals surface area contributed by atoms with Gasteiger partial charge in [-0.3, -0.25) is 9.59 Å². The van der Waals surface area contributed by atoms with E-state index in [0.29, 0.717) is 39.0 Å². The number of esters is 2. The monoisotopic (exact) mass is 1610 g/mol. The molecule has 36 unspecified atom stereocenters. The quantitative estimate of drug-likeness (QED) is 0.0482. The van der Waals surface area contributed by atoms with Gasteiger partial charge in [0.25, 0.3) is 0 Å². The molecular formula is C82H158N6O24. The molecule has 0 saturated carbocycles. The van der Waals surface area contributed by atoms with Crippen LogP contribution >= 0.6 is 0 Å². The minimum atomic E-state index is -1.81. The van der Waals surface area contributed by atoms with E-state index in [1.54, 1.807) is 69.2 Å². The lowest BCUT2D eigenvalue weighted by Crippen LogP contribution is -2.70. The van der Waals surface area contributed by atoms with Gasteiger partial charge >= 0.3 is 11.9 Å². The second-order valence-corrected chi connectivity index (χ2v) is 36.4. The van der Waals surface area contributed by atoms with E-state index in [-0.39, 0.29) is 87.7 Å². The Bertz CT molecular complexity index is 2820. The van der Waals surface area contributed by atoms with E-state index in [4.69, 9.17) is 56.8 Å². The van der Waals surface area contributed by atoms with Gasteiger partial charge in [-0.1, -0.05) is 55.4 Å². The van der Waals surface area contributed by atoms with Crippen molar-refractivity contribution in [3.05, 3.63) is 0 Å². The molecule has 6 aliphatic rings. The maximum absolute atomic E-state index is 14.5. The number of ether oxygens (including phenoxy) is 12. The van der Waals surface area contributed by atoms with E-state index in [1.165, 1.54) is 28.1 Å². The molecule has 0 aromatic heterocycles. The zero-order valence-electron chi connectivity index (χ0n) is 73.6. The van der Waals surface area contributed by atoms with Crippen molar-refractivity contribution in [3.8, 4) is 0 Å². The van der Waals surface area contributed by atoms with Crippen LogP contribution in [-0.2, 0) is 66.4 Å². The number of methoxy groups -OCH3 is 2. The van der Waals surface area contributed by atoms with Gasteiger partial charge in [0.2, 0.25) is 0 Å². The van der Waals surface area contributed by atoms with Crippen LogP contribution in [0.3, 0.4) is 0 Å². The Balaban J connectivity index is 0.000000400. The Hall–Kier alpha value is -2.10. The predicted octanol–water partition coefficient (Wildman–Crippen LogP) is 3.86. The Kier molecular flexibility index (Phi) is 37.6. The molecule has 660 valence electrons. The Labute approximate surface area is 671 Å². The first-order chi connectivity index (χ1) is 51.8. The van der Waals surface area contributed by atoms with Gasteiger partial charge in [-0.25, -0.2) is 0 Å². The summed E-state index contributed by atoms with van der Waals surface area (Å²) in [6.07, 6.45) is -13.3. The first-order valence-corrected chi connectivity index (χ1v) is 41.8. The second kappa shape index (κ2) is 41.9. The van der Waals surface area contributed by atoms with E-state index in [0.717, 1.165) is 12.8 Å². The highest BCUT2D eigenvalue weighted by Crippen LogP contribution is 2.47. The van der Waals surface area contributed by atoms with Crippen molar-refractivity contribution >= 4 is 11.9 Å². The van der Waals surface area contributed by atoms with Crippen LogP contribution in [-0.4, -0.2) is 334 Å². The zero-order chi connectivity index (χ0) is 85.1.